The number of ether oxygens (including phenoxy) is 3. The summed E-state index contributed by atoms with van der Waals surface area (Å²) >= 11 is 1.47. The predicted octanol–water partition coefficient (Wildman–Crippen LogP) is 5.74. The van der Waals surface area contributed by atoms with E-state index in [1.165, 1.54) is 16.2 Å². The van der Waals surface area contributed by atoms with E-state index in [4.69, 9.17) is 24.2 Å². The first-order chi connectivity index (χ1) is 28.0. The van der Waals surface area contributed by atoms with Gasteiger partial charge in [-0.3, -0.25) is 19.1 Å². The van der Waals surface area contributed by atoms with Crippen molar-refractivity contribution < 1.29 is 41.8 Å². The summed E-state index contributed by atoms with van der Waals surface area (Å²) in [6, 6.07) is 5.11. The maximum atomic E-state index is 14.7. The first-order valence-corrected chi connectivity index (χ1v) is 22.8. The molecule has 1 saturated heterocycles. The monoisotopic (exact) mass is 850 g/mol. The molecule has 2 aliphatic heterocycles. The van der Waals surface area contributed by atoms with Gasteiger partial charge in [0.2, 0.25) is 21.8 Å². The number of rotatable bonds is 9. The summed E-state index contributed by atoms with van der Waals surface area (Å²) < 4.78 is 45.9. The number of amides is 4. The number of nitrogens with zero attached hydrogens (tertiary/aromatic N) is 3. The van der Waals surface area contributed by atoms with E-state index in [0.29, 0.717) is 65.2 Å². The first-order valence-electron chi connectivity index (χ1n) is 20.4. The van der Waals surface area contributed by atoms with Crippen molar-refractivity contribution >= 4 is 56.1 Å². The fraction of sp³-hybridized carbons (Fsp3) is 0.571. The summed E-state index contributed by atoms with van der Waals surface area (Å²) in [4.78, 5) is 67.3. The molecule has 0 spiro atoms. The van der Waals surface area contributed by atoms with E-state index < -0.39 is 74.3 Å². The molecular formula is C42H54N6O9S2. The number of alkyl carbamates (subject to hydrolysis) is 1. The van der Waals surface area contributed by atoms with E-state index in [0.717, 1.165) is 18.5 Å². The van der Waals surface area contributed by atoms with Gasteiger partial charge in [0, 0.05) is 35.2 Å². The van der Waals surface area contributed by atoms with Crippen molar-refractivity contribution in [3.05, 3.63) is 47.5 Å². The van der Waals surface area contributed by atoms with Gasteiger partial charge in [0.25, 0.3) is 5.91 Å². The number of aromatic nitrogens is 2. The Hall–Kier alpha value is -4.77. The van der Waals surface area contributed by atoms with Gasteiger partial charge in [0.05, 0.1) is 30.1 Å². The average molecular weight is 851 g/mol. The summed E-state index contributed by atoms with van der Waals surface area (Å²) in [5, 5.41) is 8.42. The van der Waals surface area contributed by atoms with Crippen LogP contribution in [0, 0.1) is 5.92 Å². The molecule has 5 atom stereocenters. The molecule has 3 fully saturated rings. The summed E-state index contributed by atoms with van der Waals surface area (Å²) in [6.07, 6.45) is 6.68. The number of thiazole rings is 1. The Balaban J connectivity index is 1.23. The molecule has 318 valence electrons. The maximum Gasteiger partial charge on any atom is 0.408 e. The van der Waals surface area contributed by atoms with E-state index in [1.54, 1.807) is 40.0 Å². The Morgan fingerprint density at radius 3 is 2.54 bits per heavy atom. The first kappa shape index (κ1) is 42.4. The largest absolute Gasteiger partial charge is 0.497 e. The molecule has 7 rings (SSSR count). The highest BCUT2D eigenvalue weighted by Crippen LogP contribution is 2.46. The van der Waals surface area contributed by atoms with Gasteiger partial charge in [-0.25, -0.2) is 23.2 Å². The quantitative estimate of drug-likeness (QED) is 0.223. The van der Waals surface area contributed by atoms with Crippen molar-refractivity contribution in [1.29, 1.82) is 0 Å². The van der Waals surface area contributed by atoms with Gasteiger partial charge in [-0.05, 0) is 77.3 Å². The van der Waals surface area contributed by atoms with Crippen LogP contribution in [0.15, 0.2) is 41.8 Å². The van der Waals surface area contributed by atoms with Gasteiger partial charge in [0.15, 0.2) is 0 Å². The van der Waals surface area contributed by atoms with Crippen molar-refractivity contribution in [1.82, 2.24) is 30.2 Å². The minimum Gasteiger partial charge on any atom is -0.497 e. The number of nitrogens with one attached hydrogen (secondary N) is 3. The molecule has 2 saturated carbocycles. The number of sulfonamides is 1. The molecule has 17 heteroatoms. The molecule has 0 radical (unpaired) electrons. The number of fused-ring (bicyclic) bond motifs is 3. The number of pyridine rings is 1. The standard InChI is InChI=1S/C42H54N6O9S2/c1-24(2)33-23-58-37(44-33)32-20-35(29-17-14-26(55-6)18-31(29)43-32)56-27-19-34-36(49)46-42(39(51)47-59(53,54)28-15-16-28)21-25(42)12-10-8-7-9-11-13-30(38(50)48(34)22-27)45-40(52)57-41(3,4)5/h10,12,14,17-18,20,23-25,27-28,30,34H,7-9,11,13,15-16,19,21-22H2,1-6H3,(H,45,52)(H,46,49)(H,47,51)/b12-10-/t25?,27-,30+,34+,42-/m1/s1. The number of carbonyl (C=O) groups excluding carboxylic acids is 4. The van der Waals surface area contributed by atoms with E-state index in [-0.39, 0.29) is 25.3 Å². The van der Waals surface area contributed by atoms with Gasteiger partial charge in [-0.15, -0.1) is 11.3 Å². The second-order valence-electron chi connectivity index (χ2n) is 17.3. The molecule has 3 N–H and O–H groups in total. The number of hydrogen-bond acceptors (Lipinski definition) is 12. The molecule has 0 bridgehead atoms. The molecule has 4 amide bonds. The minimum absolute atomic E-state index is 0.0218. The van der Waals surface area contributed by atoms with E-state index in [2.05, 4.69) is 29.2 Å². The number of hydrogen-bond donors (Lipinski definition) is 3. The number of methoxy groups -OCH3 is 1. The lowest BCUT2D eigenvalue weighted by molar-refractivity contribution is -0.141. The third-order valence-electron chi connectivity index (χ3n) is 11.1. The molecule has 3 aromatic rings. The van der Waals surface area contributed by atoms with E-state index >= 15 is 0 Å². The Morgan fingerprint density at radius 1 is 1.07 bits per heavy atom. The number of allylic oxidation sites excluding steroid dienone is 1. The zero-order valence-corrected chi connectivity index (χ0v) is 36.0. The fourth-order valence-corrected chi connectivity index (χ4v) is 9.96. The van der Waals surface area contributed by atoms with Crippen LogP contribution in [0.3, 0.4) is 0 Å². The summed E-state index contributed by atoms with van der Waals surface area (Å²) in [7, 11) is -2.34. The predicted molar refractivity (Wildman–Crippen MR) is 222 cm³/mol. The topological polar surface area (TPSA) is 195 Å². The SMILES string of the molecule is COc1ccc2c(O[C@@H]3C[C@H]4C(=O)N[C@]5(C(=O)NS(=O)(=O)C6CC6)CC5/C=C\CCCCC[C@H](NC(=O)OC(C)(C)C)C(=O)N4C3)cc(-c3nc(C(C)C)cs3)nc2c1. The molecule has 4 heterocycles. The number of carbonyl (C=O) groups is 4. The molecule has 4 aliphatic rings. The lowest BCUT2D eigenvalue weighted by atomic mass is 10.0. The normalized spacial score (nSPS) is 25.8. The Bertz CT molecular complexity index is 2250. The van der Waals surface area contributed by atoms with Crippen molar-refractivity contribution in [2.75, 3.05) is 13.7 Å². The zero-order valence-electron chi connectivity index (χ0n) is 34.4. The van der Waals surface area contributed by atoms with Gasteiger partial charge in [0.1, 0.15) is 51.5 Å². The molecule has 2 aliphatic carbocycles. The number of benzene rings is 1. The van der Waals surface area contributed by atoms with Crippen molar-refractivity contribution in [3.63, 3.8) is 0 Å². The van der Waals surface area contributed by atoms with E-state index in [9.17, 15) is 27.6 Å². The van der Waals surface area contributed by atoms with Crippen LogP contribution in [-0.2, 0) is 29.1 Å². The summed E-state index contributed by atoms with van der Waals surface area (Å²) in [5.41, 5.74) is -0.215. The highest BCUT2D eigenvalue weighted by molar-refractivity contribution is 7.91. The minimum atomic E-state index is -3.91. The summed E-state index contributed by atoms with van der Waals surface area (Å²) in [5.74, 6) is -1.07. The van der Waals surface area contributed by atoms with Gasteiger partial charge >= 0.3 is 6.09 Å². The molecule has 2 aromatic heterocycles. The smallest absolute Gasteiger partial charge is 0.408 e. The van der Waals surface area contributed by atoms with Gasteiger partial charge < -0.3 is 29.7 Å². The van der Waals surface area contributed by atoms with Crippen molar-refractivity contribution in [2.24, 2.45) is 5.92 Å². The van der Waals surface area contributed by atoms with Crippen LogP contribution in [0.4, 0.5) is 4.79 Å². The Morgan fingerprint density at radius 2 is 1.85 bits per heavy atom. The lowest BCUT2D eigenvalue weighted by Gasteiger charge is -2.30. The van der Waals surface area contributed by atoms with Crippen LogP contribution in [0.1, 0.15) is 104 Å². The molecule has 59 heavy (non-hydrogen) atoms. The molecule has 15 nitrogen and oxygen atoms in total. The Kier molecular flexibility index (Phi) is 12.0. The zero-order chi connectivity index (χ0) is 42.3. The molecule has 1 aromatic carbocycles. The van der Waals surface area contributed by atoms with Gasteiger partial charge in [-0.1, -0.05) is 38.8 Å². The third-order valence-corrected chi connectivity index (χ3v) is 13.8. The van der Waals surface area contributed by atoms with Crippen molar-refractivity contribution in [2.45, 2.75) is 133 Å². The third kappa shape index (κ3) is 9.66. The van der Waals surface area contributed by atoms with Crippen LogP contribution in [0.5, 0.6) is 11.5 Å². The van der Waals surface area contributed by atoms with Crippen LogP contribution < -0.4 is 24.8 Å². The second-order valence-corrected chi connectivity index (χ2v) is 20.1. The fourth-order valence-electron chi connectivity index (χ4n) is 7.66. The van der Waals surface area contributed by atoms with Crippen LogP contribution in [0.25, 0.3) is 21.6 Å². The van der Waals surface area contributed by atoms with Gasteiger partial charge in [-0.2, -0.15) is 0 Å². The maximum absolute atomic E-state index is 14.7. The van der Waals surface area contributed by atoms with Crippen molar-refractivity contribution in [3.8, 4) is 22.2 Å². The van der Waals surface area contributed by atoms with Crippen LogP contribution in [-0.4, -0.2) is 95.3 Å². The van der Waals surface area contributed by atoms with E-state index in [1.807, 2.05) is 29.7 Å². The van der Waals surface area contributed by atoms with Crippen LogP contribution >= 0.6 is 11.3 Å². The second kappa shape index (κ2) is 16.7. The average Bonchev–Trinajstić information content (AvgIpc) is 4.04. The highest BCUT2D eigenvalue weighted by atomic mass is 32.2. The summed E-state index contributed by atoms with van der Waals surface area (Å²) in [6.45, 7) is 9.31. The Labute approximate surface area is 349 Å². The lowest BCUT2D eigenvalue weighted by Crippen LogP contribution is -2.58. The highest BCUT2D eigenvalue weighted by Gasteiger charge is 2.62. The van der Waals surface area contributed by atoms with Crippen LogP contribution in [0.2, 0.25) is 0 Å². The molecular weight excluding hydrogens is 797 g/mol. The molecule has 1 unspecified atom stereocenters.